The van der Waals surface area contributed by atoms with Crippen molar-refractivity contribution >= 4 is 21.6 Å². The van der Waals surface area contributed by atoms with Crippen molar-refractivity contribution in [2.24, 2.45) is 0 Å². The van der Waals surface area contributed by atoms with Crippen LogP contribution in [0.25, 0.3) is 26.5 Å². The molecule has 23 heavy (non-hydrogen) atoms. The molecule has 0 amide bonds. The molecule has 0 radical (unpaired) electrons. The number of nitrogens with zero attached hydrogens (tertiary/aromatic N) is 2. The molecule has 0 atom stereocenters. The Morgan fingerprint density at radius 3 is 2.52 bits per heavy atom. The Kier molecular flexibility index (Phi) is 3.31. The first-order valence-corrected chi connectivity index (χ1v) is 8.57. The molecule has 0 aliphatic heterocycles. The third kappa shape index (κ3) is 2.37. The van der Waals surface area contributed by atoms with Crippen molar-refractivity contribution in [1.29, 1.82) is 0 Å². The first kappa shape index (κ1) is 14.2. The minimum Gasteiger partial charge on any atom is -0.318 e. The summed E-state index contributed by atoms with van der Waals surface area (Å²) < 4.78 is 3.55. The van der Waals surface area contributed by atoms with Crippen molar-refractivity contribution in [3.05, 3.63) is 71.5 Å². The maximum absolute atomic E-state index is 4.81. The van der Waals surface area contributed by atoms with Crippen molar-refractivity contribution < 1.29 is 0 Å². The molecule has 0 N–H and O–H groups in total. The van der Waals surface area contributed by atoms with E-state index in [1.54, 1.807) is 11.3 Å². The van der Waals surface area contributed by atoms with Crippen LogP contribution in [0.2, 0.25) is 0 Å². The molecule has 0 aliphatic carbocycles. The lowest BCUT2D eigenvalue weighted by Crippen LogP contribution is -1.99. The number of aromatic nitrogens is 2. The van der Waals surface area contributed by atoms with Gasteiger partial charge in [0, 0.05) is 22.6 Å². The number of thiazole rings is 1. The number of hydrogen-bond donors (Lipinski definition) is 0. The third-order valence-corrected chi connectivity index (χ3v) is 5.28. The van der Waals surface area contributed by atoms with Gasteiger partial charge in [0.25, 0.3) is 0 Å². The second-order valence-electron chi connectivity index (χ2n) is 5.95. The maximum atomic E-state index is 4.81. The third-order valence-electron chi connectivity index (χ3n) is 4.22. The molecule has 3 heteroatoms. The molecule has 2 nitrogen and oxygen atoms in total. The van der Waals surface area contributed by atoms with Gasteiger partial charge < -0.3 is 4.57 Å². The summed E-state index contributed by atoms with van der Waals surface area (Å²) in [5.74, 6) is 0. The van der Waals surface area contributed by atoms with Gasteiger partial charge in [-0.25, -0.2) is 4.98 Å². The van der Waals surface area contributed by atoms with Crippen LogP contribution < -0.4 is 0 Å². The molecule has 2 heterocycles. The molecule has 0 saturated heterocycles. The zero-order chi connectivity index (χ0) is 16.0. The summed E-state index contributed by atoms with van der Waals surface area (Å²) in [5, 5.41) is 1.10. The van der Waals surface area contributed by atoms with Gasteiger partial charge in [0.2, 0.25) is 0 Å². The Bertz CT molecular complexity index is 975. The summed E-state index contributed by atoms with van der Waals surface area (Å²) in [6.45, 7) is 6.47. The van der Waals surface area contributed by atoms with Crippen LogP contribution in [0, 0.1) is 20.8 Å². The molecule has 114 valence electrons. The second kappa shape index (κ2) is 5.36. The lowest BCUT2D eigenvalue weighted by Gasteiger charge is -2.10. The molecule has 0 spiro atoms. The van der Waals surface area contributed by atoms with E-state index in [0.717, 1.165) is 10.5 Å². The number of benzene rings is 2. The van der Waals surface area contributed by atoms with E-state index in [1.807, 2.05) is 6.07 Å². The van der Waals surface area contributed by atoms with Crippen molar-refractivity contribution in [1.82, 2.24) is 9.55 Å². The smallest absolute Gasteiger partial charge is 0.126 e. The standard InChI is InChI=1S/C20H18N2S/c1-13-7-6-8-16(11-13)22-14(2)12-17(15(22)3)20-21-18-9-4-5-10-19(18)23-20/h4-12H,1-3H3. The minimum absolute atomic E-state index is 1.08. The lowest BCUT2D eigenvalue weighted by atomic mass is 10.2. The molecule has 4 rings (SSSR count). The number of aryl methyl sites for hydroxylation is 2. The van der Waals surface area contributed by atoms with Crippen molar-refractivity contribution in [2.45, 2.75) is 20.8 Å². The molecular formula is C20H18N2S. The fraction of sp³-hybridized carbons (Fsp3) is 0.150. The fourth-order valence-corrected chi connectivity index (χ4v) is 4.16. The van der Waals surface area contributed by atoms with Gasteiger partial charge in [-0.1, -0.05) is 24.3 Å². The monoisotopic (exact) mass is 318 g/mol. The minimum atomic E-state index is 1.08. The molecule has 4 aromatic rings. The number of hydrogen-bond acceptors (Lipinski definition) is 2. The van der Waals surface area contributed by atoms with Crippen LogP contribution in [0.5, 0.6) is 0 Å². The zero-order valence-electron chi connectivity index (χ0n) is 13.5. The molecule has 2 aromatic carbocycles. The highest BCUT2D eigenvalue weighted by molar-refractivity contribution is 7.21. The van der Waals surface area contributed by atoms with Crippen LogP contribution in [0.4, 0.5) is 0 Å². The summed E-state index contributed by atoms with van der Waals surface area (Å²) in [6.07, 6.45) is 0. The summed E-state index contributed by atoms with van der Waals surface area (Å²) in [6, 6.07) is 19.2. The van der Waals surface area contributed by atoms with Crippen LogP contribution in [0.1, 0.15) is 17.0 Å². The second-order valence-corrected chi connectivity index (χ2v) is 6.98. The maximum Gasteiger partial charge on any atom is 0.126 e. The van der Waals surface area contributed by atoms with E-state index in [4.69, 9.17) is 4.98 Å². The molecular weight excluding hydrogens is 300 g/mol. The van der Waals surface area contributed by atoms with Gasteiger partial charge in [0.1, 0.15) is 5.01 Å². The van der Waals surface area contributed by atoms with Crippen LogP contribution >= 0.6 is 11.3 Å². The van der Waals surface area contributed by atoms with Crippen LogP contribution in [0.15, 0.2) is 54.6 Å². The lowest BCUT2D eigenvalue weighted by molar-refractivity contribution is 0.964. The van der Waals surface area contributed by atoms with Gasteiger partial charge in [-0.15, -0.1) is 11.3 Å². The molecule has 0 bridgehead atoms. The molecule has 0 saturated carbocycles. The molecule has 0 fully saturated rings. The average molecular weight is 318 g/mol. The number of rotatable bonds is 2. The zero-order valence-corrected chi connectivity index (χ0v) is 14.3. The van der Waals surface area contributed by atoms with E-state index in [9.17, 15) is 0 Å². The van der Waals surface area contributed by atoms with Crippen LogP contribution in [-0.4, -0.2) is 9.55 Å². The molecule has 0 aliphatic rings. The average Bonchev–Trinajstić information content (AvgIpc) is 3.08. The summed E-state index contributed by atoms with van der Waals surface area (Å²) in [5.41, 5.74) is 7.27. The normalized spacial score (nSPS) is 11.3. The van der Waals surface area contributed by atoms with E-state index < -0.39 is 0 Å². The Balaban J connectivity index is 1.89. The van der Waals surface area contributed by atoms with Crippen LogP contribution in [-0.2, 0) is 0 Å². The topological polar surface area (TPSA) is 17.8 Å². The highest BCUT2D eigenvalue weighted by atomic mass is 32.1. The Morgan fingerprint density at radius 2 is 1.74 bits per heavy atom. The number of fused-ring (bicyclic) bond motifs is 1. The van der Waals surface area contributed by atoms with E-state index in [0.29, 0.717) is 0 Å². The summed E-state index contributed by atoms with van der Waals surface area (Å²) in [4.78, 5) is 4.81. The van der Waals surface area contributed by atoms with Gasteiger partial charge in [-0.3, -0.25) is 0 Å². The van der Waals surface area contributed by atoms with Gasteiger partial charge >= 0.3 is 0 Å². The number of para-hydroxylation sites is 1. The largest absolute Gasteiger partial charge is 0.318 e. The highest BCUT2D eigenvalue weighted by Gasteiger charge is 2.15. The Labute approximate surface area is 140 Å². The first-order chi connectivity index (χ1) is 11.1. The molecule has 2 aromatic heterocycles. The SMILES string of the molecule is Cc1cccc(-n2c(C)cc(-c3nc4ccccc4s3)c2C)c1. The Morgan fingerprint density at radius 1 is 0.913 bits per heavy atom. The predicted molar refractivity (Wildman–Crippen MR) is 98.6 cm³/mol. The van der Waals surface area contributed by atoms with Crippen molar-refractivity contribution in [3.63, 3.8) is 0 Å². The van der Waals surface area contributed by atoms with E-state index >= 15 is 0 Å². The van der Waals surface area contributed by atoms with E-state index in [1.165, 1.54) is 32.9 Å². The van der Waals surface area contributed by atoms with Crippen molar-refractivity contribution in [2.75, 3.05) is 0 Å². The summed E-state index contributed by atoms with van der Waals surface area (Å²) >= 11 is 1.76. The fourth-order valence-electron chi connectivity index (χ4n) is 3.13. The quantitative estimate of drug-likeness (QED) is 0.465. The van der Waals surface area contributed by atoms with Crippen LogP contribution in [0.3, 0.4) is 0 Å². The first-order valence-electron chi connectivity index (χ1n) is 7.75. The predicted octanol–water partition coefficient (Wildman–Crippen LogP) is 5.68. The highest BCUT2D eigenvalue weighted by Crippen LogP contribution is 2.34. The van der Waals surface area contributed by atoms with Gasteiger partial charge in [-0.2, -0.15) is 0 Å². The van der Waals surface area contributed by atoms with Gasteiger partial charge in [0.15, 0.2) is 0 Å². The van der Waals surface area contributed by atoms with Gasteiger partial charge in [0.05, 0.1) is 10.2 Å². The summed E-state index contributed by atoms with van der Waals surface area (Å²) in [7, 11) is 0. The van der Waals surface area contributed by atoms with Gasteiger partial charge in [-0.05, 0) is 56.7 Å². The van der Waals surface area contributed by atoms with E-state index in [2.05, 4.69) is 73.9 Å². The molecule has 0 unspecified atom stereocenters. The Hall–Kier alpha value is -2.39. The van der Waals surface area contributed by atoms with E-state index in [-0.39, 0.29) is 0 Å². The van der Waals surface area contributed by atoms with Crippen molar-refractivity contribution in [3.8, 4) is 16.3 Å².